The highest BCUT2D eigenvalue weighted by Crippen LogP contribution is 2.17. The fraction of sp³-hybridized carbons (Fsp3) is 0.133. The Balaban J connectivity index is 2.16. The van der Waals surface area contributed by atoms with Gasteiger partial charge < -0.3 is 0 Å². The molecule has 1 heterocycles. The molecule has 0 aliphatic rings. The van der Waals surface area contributed by atoms with Crippen LogP contribution in [0.4, 0.5) is 0 Å². The predicted molar refractivity (Wildman–Crippen MR) is 82.0 cm³/mol. The van der Waals surface area contributed by atoms with Gasteiger partial charge in [-0.1, -0.05) is 0 Å². The van der Waals surface area contributed by atoms with E-state index in [1.165, 1.54) is 35.2 Å². The number of ketones is 1. The first-order chi connectivity index (χ1) is 9.36. The van der Waals surface area contributed by atoms with Crippen LogP contribution in [0, 0.1) is 6.92 Å². The summed E-state index contributed by atoms with van der Waals surface area (Å²) in [6.07, 6.45) is 4.41. The lowest BCUT2D eigenvalue weighted by Gasteiger charge is -1.99. The maximum Gasteiger partial charge on any atom is 0.185 e. The van der Waals surface area contributed by atoms with Gasteiger partial charge in [-0.15, -0.1) is 11.3 Å². The van der Waals surface area contributed by atoms with E-state index in [1.54, 1.807) is 17.4 Å². The van der Waals surface area contributed by atoms with Gasteiger partial charge in [0.1, 0.15) is 0 Å². The van der Waals surface area contributed by atoms with Crippen LogP contribution in [-0.2, 0) is 9.84 Å². The molecule has 5 heteroatoms. The van der Waals surface area contributed by atoms with Crippen LogP contribution in [0.25, 0.3) is 6.08 Å². The van der Waals surface area contributed by atoms with Crippen LogP contribution in [0.15, 0.2) is 47.4 Å². The van der Waals surface area contributed by atoms with E-state index < -0.39 is 9.84 Å². The topological polar surface area (TPSA) is 51.2 Å². The summed E-state index contributed by atoms with van der Waals surface area (Å²) in [5, 5.41) is 0. The molecule has 0 amide bonds. The van der Waals surface area contributed by atoms with E-state index in [0.29, 0.717) is 5.56 Å². The summed E-state index contributed by atoms with van der Waals surface area (Å²) in [6.45, 7) is 2.01. The molecule has 0 atom stereocenters. The maximum absolute atomic E-state index is 12.0. The smallest absolute Gasteiger partial charge is 0.185 e. The first kappa shape index (κ1) is 14.7. The molecule has 104 valence electrons. The van der Waals surface area contributed by atoms with Crippen molar-refractivity contribution in [2.45, 2.75) is 11.8 Å². The van der Waals surface area contributed by atoms with Crippen molar-refractivity contribution in [1.29, 1.82) is 0 Å². The van der Waals surface area contributed by atoms with E-state index in [4.69, 9.17) is 0 Å². The summed E-state index contributed by atoms with van der Waals surface area (Å²) in [7, 11) is -3.23. The number of hydrogen-bond acceptors (Lipinski definition) is 4. The van der Waals surface area contributed by atoms with Crippen LogP contribution in [0.5, 0.6) is 0 Å². The second-order valence-corrected chi connectivity index (χ2v) is 7.78. The van der Waals surface area contributed by atoms with Crippen molar-refractivity contribution in [2.75, 3.05) is 6.26 Å². The van der Waals surface area contributed by atoms with Crippen LogP contribution >= 0.6 is 11.3 Å². The van der Waals surface area contributed by atoms with Crippen molar-refractivity contribution in [2.24, 2.45) is 0 Å². The van der Waals surface area contributed by atoms with Gasteiger partial charge in [-0.2, -0.15) is 0 Å². The lowest BCUT2D eigenvalue weighted by atomic mass is 10.1. The molecule has 0 spiro atoms. The molecule has 0 unspecified atom stereocenters. The van der Waals surface area contributed by atoms with E-state index >= 15 is 0 Å². The Bertz CT molecular complexity index is 751. The molecule has 20 heavy (non-hydrogen) atoms. The van der Waals surface area contributed by atoms with E-state index in [-0.39, 0.29) is 10.7 Å². The van der Waals surface area contributed by atoms with Crippen molar-refractivity contribution in [3.8, 4) is 0 Å². The van der Waals surface area contributed by atoms with Gasteiger partial charge in [-0.25, -0.2) is 8.42 Å². The number of carbonyl (C=O) groups is 1. The maximum atomic E-state index is 12.0. The van der Waals surface area contributed by atoms with Crippen molar-refractivity contribution < 1.29 is 13.2 Å². The molecule has 2 rings (SSSR count). The lowest BCUT2D eigenvalue weighted by Crippen LogP contribution is -1.99. The lowest BCUT2D eigenvalue weighted by molar-refractivity contribution is 0.104. The third-order valence-corrected chi connectivity index (χ3v) is 4.82. The molecular weight excluding hydrogens is 292 g/mol. The minimum Gasteiger partial charge on any atom is -0.289 e. The molecule has 2 aromatic rings. The first-order valence-corrected chi connectivity index (χ1v) is 8.66. The third kappa shape index (κ3) is 3.65. The number of carbonyl (C=O) groups excluding carboxylic acids is 1. The summed E-state index contributed by atoms with van der Waals surface area (Å²) >= 11 is 1.61. The van der Waals surface area contributed by atoms with Crippen LogP contribution in [0.2, 0.25) is 0 Å². The molecular formula is C15H14O3S2. The number of aryl methyl sites for hydroxylation is 1. The molecule has 0 saturated heterocycles. The van der Waals surface area contributed by atoms with Crippen molar-refractivity contribution in [1.82, 2.24) is 0 Å². The second-order valence-electron chi connectivity index (χ2n) is 4.44. The molecule has 3 nitrogen and oxygen atoms in total. The zero-order valence-corrected chi connectivity index (χ0v) is 12.8. The first-order valence-electron chi connectivity index (χ1n) is 5.95. The van der Waals surface area contributed by atoms with Crippen molar-refractivity contribution >= 4 is 33.0 Å². The van der Waals surface area contributed by atoms with Crippen molar-refractivity contribution in [3.05, 3.63) is 57.8 Å². The summed E-state index contributed by atoms with van der Waals surface area (Å²) < 4.78 is 22.7. The Morgan fingerprint density at radius 1 is 1.10 bits per heavy atom. The zero-order chi connectivity index (χ0) is 14.8. The Kier molecular flexibility index (Phi) is 4.20. The third-order valence-electron chi connectivity index (χ3n) is 2.73. The fourth-order valence-electron chi connectivity index (χ4n) is 1.66. The molecule has 0 fully saturated rings. The summed E-state index contributed by atoms with van der Waals surface area (Å²) in [5.74, 6) is -0.142. The normalized spacial score (nSPS) is 11.9. The number of benzene rings is 1. The van der Waals surface area contributed by atoms with Gasteiger partial charge in [0.15, 0.2) is 15.6 Å². The van der Waals surface area contributed by atoms with E-state index in [9.17, 15) is 13.2 Å². The molecule has 0 radical (unpaired) electrons. The van der Waals surface area contributed by atoms with Gasteiger partial charge >= 0.3 is 0 Å². The standard InChI is InChI=1S/C15H14O3S2/c1-11-3-6-13(19-11)7-10-15(16)12-4-8-14(9-5-12)20(2,17)18/h3-10H,1-2H3/b10-7+. The van der Waals surface area contributed by atoms with Gasteiger partial charge in [0.05, 0.1) is 4.90 Å². The van der Waals surface area contributed by atoms with E-state index in [2.05, 4.69) is 0 Å². The highest BCUT2D eigenvalue weighted by Gasteiger charge is 2.08. The minimum atomic E-state index is -3.23. The molecule has 1 aromatic heterocycles. The number of allylic oxidation sites excluding steroid dienone is 1. The summed E-state index contributed by atoms with van der Waals surface area (Å²) in [4.78, 5) is 14.4. The molecule has 1 aromatic carbocycles. The van der Waals surface area contributed by atoms with Crippen LogP contribution < -0.4 is 0 Å². The number of hydrogen-bond donors (Lipinski definition) is 0. The van der Waals surface area contributed by atoms with Crippen LogP contribution in [0.3, 0.4) is 0 Å². The highest BCUT2D eigenvalue weighted by molar-refractivity contribution is 7.90. The molecule has 0 aliphatic heterocycles. The molecule has 0 N–H and O–H groups in total. The molecule has 0 aliphatic carbocycles. The van der Waals surface area contributed by atoms with E-state index in [0.717, 1.165) is 11.1 Å². The largest absolute Gasteiger partial charge is 0.289 e. The predicted octanol–water partition coefficient (Wildman–Crippen LogP) is 3.36. The van der Waals surface area contributed by atoms with Gasteiger partial charge in [0.2, 0.25) is 0 Å². The molecule has 0 bridgehead atoms. The van der Waals surface area contributed by atoms with Crippen LogP contribution in [-0.4, -0.2) is 20.5 Å². The highest BCUT2D eigenvalue weighted by atomic mass is 32.2. The Labute approximate surface area is 122 Å². The Morgan fingerprint density at radius 2 is 1.75 bits per heavy atom. The average Bonchev–Trinajstić information content (AvgIpc) is 2.81. The monoisotopic (exact) mass is 306 g/mol. The van der Waals surface area contributed by atoms with E-state index in [1.807, 2.05) is 19.1 Å². The average molecular weight is 306 g/mol. The number of rotatable bonds is 4. The van der Waals surface area contributed by atoms with Gasteiger partial charge in [0.25, 0.3) is 0 Å². The van der Waals surface area contributed by atoms with Crippen molar-refractivity contribution in [3.63, 3.8) is 0 Å². The zero-order valence-electron chi connectivity index (χ0n) is 11.2. The summed E-state index contributed by atoms with van der Waals surface area (Å²) in [6, 6.07) is 9.91. The Hall–Kier alpha value is -1.72. The summed E-state index contributed by atoms with van der Waals surface area (Å²) in [5.41, 5.74) is 0.474. The van der Waals surface area contributed by atoms with Gasteiger partial charge in [-0.05, 0) is 55.5 Å². The minimum absolute atomic E-state index is 0.142. The SMILES string of the molecule is Cc1ccc(/C=C/C(=O)c2ccc(S(C)(=O)=O)cc2)s1. The number of sulfone groups is 1. The Morgan fingerprint density at radius 3 is 2.25 bits per heavy atom. The van der Waals surface area contributed by atoms with Gasteiger partial charge in [0, 0.05) is 21.6 Å². The quantitative estimate of drug-likeness (QED) is 0.643. The van der Waals surface area contributed by atoms with Gasteiger partial charge in [-0.3, -0.25) is 4.79 Å². The number of thiophene rings is 1. The molecule has 0 saturated carbocycles. The van der Waals surface area contributed by atoms with Crippen LogP contribution in [0.1, 0.15) is 20.1 Å². The fourth-order valence-corrected chi connectivity index (χ4v) is 3.07. The second kappa shape index (κ2) is 5.73.